The Morgan fingerprint density at radius 3 is 3.05 bits per heavy atom. The SMILES string of the molecule is CCNC(CC1CCCO1)c1ccc2c(c1)oc(=O)n2C. The van der Waals surface area contributed by atoms with E-state index in [0.29, 0.717) is 11.7 Å². The lowest BCUT2D eigenvalue weighted by molar-refractivity contribution is 0.0947. The summed E-state index contributed by atoms with van der Waals surface area (Å²) in [6, 6.07) is 6.22. The summed E-state index contributed by atoms with van der Waals surface area (Å²) in [5, 5.41) is 3.51. The molecule has 1 aliphatic heterocycles. The second-order valence-corrected chi connectivity index (χ2v) is 5.64. The topological polar surface area (TPSA) is 56.4 Å². The van der Waals surface area contributed by atoms with Gasteiger partial charge in [-0.2, -0.15) is 0 Å². The summed E-state index contributed by atoms with van der Waals surface area (Å²) in [5.41, 5.74) is 2.63. The van der Waals surface area contributed by atoms with Crippen molar-refractivity contribution < 1.29 is 9.15 Å². The molecule has 2 heterocycles. The van der Waals surface area contributed by atoms with Gasteiger partial charge in [-0.25, -0.2) is 4.79 Å². The first-order chi connectivity index (χ1) is 10.2. The number of hydrogen-bond acceptors (Lipinski definition) is 4. The molecule has 5 heteroatoms. The molecule has 1 N–H and O–H groups in total. The average molecular weight is 290 g/mol. The van der Waals surface area contributed by atoms with Crippen LogP contribution in [0.2, 0.25) is 0 Å². The second-order valence-electron chi connectivity index (χ2n) is 5.64. The van der Waals surface area contributed by atoms with Crippen molar-refractivity contribution in [3.05, 3.63) is 34.3 Å². The Morgan fingerprint density at radius 1 is 1.48 bits per heavy atom. The third-order valence-electron chi connectivity index (χ3n) is 4.19. The molecule has 1 aliphatic rings. The third-order valence-corrected chi connectivity index (χ3v) is 4.19. The fourth-order valence-electron chi connectivity index (χ4n) is 3.04. The van der Waals surface area contributed by atoms with E-state index in [0.717, 1.165) is 43.5 Å². The summed E-state index contributed by atoms with van der Waals surface area (Å²) in [4.78, 5) is 11.6. The Kier molecular flexibility index (Phi) is 4.12. The number of rotatable bonds is 5. The molecule has 0 spiro atoms. The third kappa shape index (κ3) is 2.89. The van der Waals surface area contributed by atoms with Gasteiger partial charge in [-0.15, -0.1) is 0 Å². The van der Waals surface area contributed by atoms with Crippen molar-refractivity contribution >= 4 is 11.1 Å². The van der Waals surface area contributed by atoms with Crippen LogP contribution < -0.4 is 11.1 Å². The van der Waals surface area contributed by atoms with E-state index in [1.807, 2.05) is 12.1 Å². The van der Waals surface area contributed by atoms with E-state index in [1.54, 1.807) is 7.05 Å². The van der Waals surface area contributed by atoms with Gasteiger partial charge in [0.2, 0.25) is 0 Å². The van der Waals surface area contributed by atoms with Gasteiger partial charge in [0.05, 0.1) is 11.6 Å². The Morgan fingerprint density at radius 2 is 2.33 bits per heavy atom. The minimum absolute atomic E-state index is 0.230. The fourth-order valence-corrected chi connectivity index (χ4v) is 3.04. The minimum Gasteiger partial charge on any atom is -0.408 e. The molecule has 0 amide bonds. The molecule has 21 heavy (non-hydrogen) atoms. The quantitative estimate of drug-likeness (QED) is 0.918. The van der Waals surface area contributed by atoms with Crippen molar-refractivity contribution in [2.45, 2.75) is 38.3 Å². The van der Waals surface area contributed by atoms with Crippen LogP contribution in [0, 0.1) is 0 Å². The zero-order chi connectivity index (χ0) is 14.8. The highest BCUT2D eigenvalue weighted by Gasteiger charge is 2.22. The van der Waals surface area contributed by atoms with Crippen molar-refractivity contribution in [3.63, 3.8) is 0 Å². The van der Waals surface area contributed by atoms with Crippen molar-refractivity contribution in [1.29, 1.82) is 0 Å². The molecule has 1 aromatic carbocycles. The predicted octanol–water partition coefficient (Wildman–Crippen LogP) is 2.35. The van der Waals surface area contributed by atoms with Crippen molar-refractivity contribution in [2.75, 3.05) is 13.2 Å². The van der Waals surface area contributed by atoms with Gasteiger partial charge in [0, 0.05) is 19.7 Å². The first-order valence-electron chi connectivity index (χ1n) is 7.63. The standard InChI is InChI=1S/C16H22N2O3/c1-3-17-13(10-12-5-4-8-20-12)11-6-7-14-15(9-11)21-16(19)18(14)2/h6-7,9,12-13,17H,3-5,8,10H2,1-2H3. The molecule has 5 nitrogen and oxygen atoms in total. The molecular formula is C16H22N2O3. The van der Waals surface area contributed by atoms with E-state index in [9.17, 15) is 4.79 Å². The van der Waals surface area contributed by atoms with Crippen molar-refractivity contribution in [3.8, 4) is 0 Å². The van der Waals surface area contributed by atoms with E-state index in [1.165, 1.54) is 4.57 Å². The highest BCUT2D eigenvalue weighted by Crippen LogP contribution is 2.27. The summed E-state index contributed by atoms with van der Waals surface area (Å²) in [6.45, 7) is 3.87. The predicted molar refractivity (Wildman–Crippen MR) is 81.5 cm³/mol. The van der Waals surface area contributed by atoms with Gasteiger partial charge >= 0.3 is 5.76 Å². The largest absolute Gasteiger partial charge is 0.419 e. The van der Waals surface area contributed by atoms with Crippen LogP contribution in [-0.4, -0.2) is 23.8 Å². The molecule has 0 aliphatic carbocycles. The molecule has 0 bridgehead atoms. The summed E-state index contributed by atoms with van der Waals surface area (Å²) in [6.07, 6.45) is 3.56. The van der Waals surface area contributed by atoms with E-state index in [2.05, 4.69) is 18.3 Å². The normalized spacial score (nSPS) is 20.2. The van der Waals surface area contributed by atoms with Crippen molar-refractivity contribution in [2.24, 2.45) is 7.05 Å². The van der Waals surface area contributed by atoms with Crippen LogP contribution in [0.15, 0.2) is 27.4 Å². The van der Waals surface area contributed by atoms with Gasteiger partial charge in [-0.1, -0.05) is 13.0 Å². The van der Waals surface area contributed by atoms with Crippen LogP contribution in [0.4, 0.5) is 0 Å². The molecule has 2 aromatic rings. The van der Waals surface area contributed by atoms with Crippen LogP contribution in [0.1, 0.15) is 37.8 Å². The first kappa shape index (κ1) is 14.4. The van der Waals surface area contributed by atoms with Crippen LogP contribution in [-0.2, 0) is 11.8 Å². The number of oxazole rings is 1. The second kappa shape index (κ2) is 6.03. The maximum Gasteiger partial charge on any atom is 0.419 e. The lowest BCUT2D eigenvalue weighted by Gasteiger charge is -2.21. The zero-order valence-corrected chi connectivity index (χ0v) is 12.6. The number of aryl methyl sites for hydroxylation is 1. The molecular weight excluding hydrogens is 268 g/mol. The highest BCUT2D eigenvalue weighted by atomic mass is 16.5. The number of nitrogens with zero attached hydrogens (tertiary/aromatic N) is 1. The molecule has 2 atom stereocenters. The van der Waals surface area contributed by atoms with Gasteiger partial charge in [-0.05, 0) is 43.5 Å². The van der Waals surface area contributed by atoms with E-state index in [-0.39, 0.29) is 11.8 Å². The van der Waals surface area contributed by atoms with Gasteiger partial charge in [0.25, 0.3) is 0 Å². The lowest BCUT2D eigenvalue weighted by atomic mass is 9.99. The van der Waals surface area contributed by atoms with E-state index in [4.69, 9.17) is 9.15 Å². The molecule has 0 radical (unpaired) electrons. The molecule has 1 saturated heterocycles. The summed E-state index contributed by atoms with van der Waals surface area (Å²) < 4.78 is 12.6. The molecule has 1 fully saturated rings. The van der Waals surface area contributed by atoms with E-state index < -0.39 is 0 Å². The average Bonchev–Trinajstić information content (AvgIpc) is 3.07. The summed E-state index contributed by atoms with van der Waals surface area (Å²) in [5.74, 6) is -0.318. The number of fused-ring (bicyclic) bond motifs is 1. The smallest absolute Gasteiger partial charge is 0.408 e. The molecule has 0 saturated carbocycles. The van der Waals surface area contributed by atoms with Crippen LogP contribution in [0.3, 0.4) is 0 Å². The molecule has 1 aromatic heterocycles. The van der Waals surface area contributed by atoms with Crippen LogP contribution in [0.25, 0.3) is 11.1 Å². The Labute approximate surface area is 123 Å². The Hall–Kier alpha value is -1.59. The maximum atomic E-state index is 11.6. The Balaban J connectivity index is 1.88. The van der Waals surface area contributed by atoms with Gasteiger partial charge in [0.1, 0.15) is 0 Å². The van der Waals surface area contributed by atoms with Gasteiger partial charge in [-0.3, -0.25) is 4.57 Å². The van der Waals surface area contributed by atoms with Crippen molar-refractivity contribution in [1.82, 2.24) is 9.88 Å². The highest BCUT2D eigenvalue weighted by molar-refractivity contribution is 5.73. The number of ether oxygens (including phenoxy) is 1. The molecule has 3 rings (SSSR count). The summed E-state index contributed by atoms with van der Waals surface area (Å²) in [7, 11) is 1.72. The number of nitrogens with one attached hydrogen (secondary N) is 1. The van der Waals surface area contributed by atoms with Gasteiger partial charge in [0.15, 0.2) is 5.58 Å². The fraction of sp³-hybridized carbons (Fsp3) is 0.562. The van der Waals surface area contributed by atoms with Crippen LogP contribution in [0.5, 0.6) is 0 Å². The molecule has 114 valence electrons. The Bertz CT molecular complexity index is 668. The number of aromatic nitrogens is 1. The minimum atomic E-state index is -0.318. The van der Waals surface area contributed by atoms with Crippen LogP contribution >= 0.6 is 0 Å². The number of hydrogen-bond donors (Lipinski definition) is 1. The summed E-state index contributed by atoms with van der Waals surface area (Å²) >= 11 is 0. The number of benzene rings is 1. The monoisotopic (exact) mass is 290 g/mol. The zero-order valence-electron chi connectivity index (χ0n) is 12.6. The molecule has 2 unspecified atom stereocenters. The first-order valence-corrected chi connectivity index (χ1v) is 7.63. The maximum absolute atomic E-state index is 11.6. The van der Waals surface area contributed by atoms with Gasteiger partial charge < -0.3 is 14.5 Å². The lowest BCUT2D eigenvalue weighted by Crippen LogP contribution is -2.25. The van der Waals surface area contributed by atoms with E-state index >= 15 is 0 Å².